The van der Waals surface area contributed by atoms with Crippen LogP contribution in [0.2, 0.25) is 0 Å². The molecule has 33 heavy (non-hydrogen) atoms. The van der Waals surface area contributed by atoms with Gasteiger partial charge in [-0.25, -0.2) is 8.78 Å². The Balaban J connectivity index is 1.72. The molecule has 2 aromatic rings. The summed E-state index contributed by atoms with van der Waals surface area (Å²) in [6, 6.07) is 9.41. The fourth-order valence-corrected chi connectivity index (χ4v) is 4.50. The number of hydrogen-bond donors (Lipinski definition) is 3. The lowest BCUT2D eigenvalue weighted by atomic mass is 9.85. The van der Waals surface area contributed by atoms with Gasteiger partial charge in [0.15, 0.2) is 0 Å². The molecule has 1 aliphatic rings. The van der Waals surface area contributed by atoms with Crippen molar-refractivity contribution in [1.29, 1.82) is 0 Å². The number of benzene rings is 2. The average molecular weight is 459 g/mol. The second-order valence-electron chi connectivity index (χ2n) is 9.54. The van der Waals surface area contributed by atoms with Gasteiger partial charge < -0.3 is 10.2 Å². The van der Waals surface area contributed by atoms with Crippen molar-refractivity contribution in [3.63, 3.8) is 0 Å². The molecule has 6 nitrogen and oxygen atoms in total. The van der Waals surface area contributed by atoms with Crippen molar-refractivity contribution in [2.75, 3.05) is 0 Å². The highest BCUT2D eigenvalue weighted by atomic mass is 19.1. The highest BCUT2D eigenvalue weighted by molar-refractivity contribution is 5.94. The molecule has 1 saturated heterocycles. The third-order valence-corrected chi connectivity index (χ3v) is 5.82. The van der Waals surface area contributed by atoms with Gasteiger partial charge in [-0.1, -0.05) is 26.0 Å². The first-order valence-corrected chi connectivity index (χ1v) is 11.1. The Bertz CT molecular complexity index is 1030. The van der Waals surface area contributed by atoms with E-state index in [9.17, 15) is 18.4 Å². The molecule has 8 heteroatoms. The first-order chi connectivity index (χ1) is 15.5. The van der Waals surface area contributed by atoms with Gasteiger partial charge in [0.2, 0.25) is 5.91 Å². The predicted octanol–water partition coefficient (Wildman–Crippen LogP) is 3.82. The van der Waals surface area contributed by atoms with Gasteiger partial charge in [0.25, 0.3) is 5.91 Å². The monoisotopic (exact) mass is 458 g/mol. The molecule has 0 radical (unpaired) electrons. The van der Waals surface area contributed by atoms with Crippen LogP contribution in [0.3, 0.4) is 0 Å². The summed E-state index contributed by atoms with van der Waals surface area (Å²) in [6.45, 7) is 7.94. The minimum atomic E-state index is -0.719. The largest absolute Gasteiger partial charge is 0.346 e. The molecule has 0 aromatic heterocycles. The first-order valence-electron chi connectivity index (χ1n) is 11.1. The molecule has 3 rings (SSSR count). The third-order valence-electron chi connectivity index (χ3n) is 5.82. The van der Waals surface area contributed by atoms with E-state index in [2.05, 4.69) is 24.5 Å². The first kappa shape index (κ1) is 24.8. The number of carbonyl (C=O) groups excluding carboxylic acids is 2. The second kappa shape index (κ2) is 9.97. The fraction of sp³-hybridized carbons (Fsp3) is 0.440. The maximum Gasteiger partial charge on any atom is 0.251 e. The second-order valence-corrected chi connectivity index (χ2v) is 9.54. The molecule has 1 unspecified atom stereocenters. The normalized spacial score (nSPS) is 21.9. The molecule has 0 spiro atoms. The number of rotatable bonds is 7. The topological polar surface area (TPSA) is 87.5 Å². The van der Waals surface area contributed by atoms with Crippen LogP contribution in [-0.4, -0.2) is 28.5 Å². The van der Waals surface area contributed by atoms with Crippen LogP contribution >= 0.6 is 0 Å². The zero-order valence-corrected chi connectivity index (χ0v) is 19.5. The minimum Gasteiger partial charge on any atom is -0.346 e. The van der Waals surface area contributed by atoms with Crippen molar-refractivity contribution in [1.82, 2.24) is 15.5 Å². The van der Waals surface area contributed by atoms with Gasteiger partial charge in [0, 0.05) is 24.1 Å². The highest BCUT2D eigenvalue weighted by Gasteiger charge is 2.39. The molecule has 1 aliphatic heterocycles. The SMILES string of the molecule is CC(C)C[C@]1(C)CC(=O)N(Cc2cc(F)cc(C(=O)N[C@@H](C)c3cccc(F)c3)c2)C(N)N1. The van der Waals surface area contributed by atoms with Gasteiger partial charge in [0.1, 0.15) is 17.9 Å². The van der Waals surface area contributed by atoms with Crippen molar-refractivity contribution in [3.8, 4) is 0 Å². The maximum absolute atomic E-state index is 14.3. The molecule has 0 aliphatic carbocycles. The molecule has 0 bridgehead atoms. The Morgan fingerprint density at radius 2 is 1.94 bits per heavy atom. The highest BCUT2D eigenvalue weighted by Crippen LogP contribution is 2.27. The van der Waals surface area contributed by atoms with Crippen molar-refractivity contribution >= 4 is 11.8 Å². The van der Waals surface area contributed by atoms with Crippen molar-refractivity contribution in [2.45, 2.75) is 65.0 Å². The number of halogens is 2. The van der Waals surface area contributed by atoms with Crippen LogP contribution in [0.5, 0.6) is 0 Å². The van der Waals surface area contributed by atoms with Gasteiger partial charge in [-0.2, -0.15) is 0 Å². The molecule has 3 atom stereocenters. The van der Waals surface area contributed by atoms with Crippen LogP contribution in [0.4, 0.5) is 8.78 Å². The number of amides is 2. The zero-order chi connectivity index (χ0) is 24.3. The van der Waals surface area contributed by atoms with E-state index in [-0.39, 0.29) is 24.4 Å². The van der Waals surface area contributed by atoms with E-state index in [1.165, 1.54) is 23.1 Å². The van der Waals surface area contributed by atoms with E-state index in [1.807, 2.05) is 6.92 Å². The molecule has 4 N–H and O–H groups in total. The van der Waals surface area contributed by atoms with E-state index in [0.717, 1.165) is 12.5 Å². The molecule has 2 aromatic carbocycles. The molecule has 2 amide bonds. The Kier molecular flexibility index (Phi) is 7.49. The summed E-state index contributed by atoms with van der Waals surface area (Å²) in [7, 11) is 0. The van der Waals surface area contributed by atoms with Crippen molar-refractivity contribution < 1.29 is 18.4 Å². The van der Waals surface area contributed by atoms with Crippen molar-refractivity contribution in [2.24, 2.45) is 11.7 Å². The van der Waals surface area contributed by atoms with Crippen LogP contribution < -0.4 is 16.4 Å². The fourth-order valence-electron chi connectivity index (χ4n) is 4.50. The standard InChI is InChI=1S/C25H32F2N4O2/c1-15(2)12-25(4)13-22(32)31(24(28)30-25)14-17-8-19(11-21(27)9-17)23(33)29-16(3)18-6-5-7-20(26)10-18/h5-11,15-16,24,30H,12-14,28H2,1-4H3,(H,29,33)/t16-,24?,25+/m0/s1. The smallest absolute Gasteiger partial charge is 0.251 e. The lowest BCUT2D eigenvalue weighted by Gasteiger charge is -2.45. The minimum absolute atomic E-state index is 0.0717. The molecular weight excluding hydrogens is 426 g/mol. The van der Waals surface area contributed by atoms with E-state index in [4.69, 9.17) is 5.73 Å². The molecule has 178 valence electrons. The quantitative estimate of drug-likeness (QED) is 0.589. The summed E-state index contributed by atoms with van der Waals surface area (Å²) in [6.07, 6.45) is 0.365. The zero-order valence-electron chi connectivity index (χ0n) is 19.5. The van der Waals surface area contributed by atoms with Crippen molar-refractivity contribution in [3.05, 3.63) is 70.8 Å². The summed E-state index contributed by atoms with van der Waals surface area (Å²) in [5.74, 6) is -1.22. The summed E-state index contributed by atoms with van der Waals surface area (Å²) >= 11 is 0. The number of nitrogens with two attached hydrogens (primary N) is 1. The Morgan fingerprint density at radius 1 is 1.21 bits per heavy atom. The summed E-state index contributed by atoms with van der Waals surface area (Å²) in [4.78, 5) is 27.0. The lowest BCUT2D eigenvalue weighted by Crippen LogP contribution is -2.67. The van der Waals surface area contributed by atoms with Crippen LogP contribution in [0, 0.1) is 17.6 Å². The van der Waals surface area contributed by atoms with Gasteiger partial charge in [0.05, 0.1) is 6.04 Å². The van der Waals surface area contributed by atoms with Gasteiger partial charge in [-0.05, 0) is 67.6 Å². The molecule has 1 fully saturated rings. The molecular formula is C25H32F2N4O2. The summed E-state index contributed by atoms with van der Waals surface area (Å²) < 4.78 is 27.8. The third kappa shape index (κ3) is 6.36. The predicted molar refractivity (Wildman–Crippen MR) is 123 cm³/mol. The van der Waals surface area contributed by atoms with E-state index in [0.29, 0.717) is 17.0 Å². The molecule has 1 heterocycles. The number of nitrogens with zero attached hydrogens (tertiary/aromatic N) is 1. The van der Waals surface area contributed by atoms with Gasteiger partial charge >= 0.3 is 0 Å². The number of carbonyl (C=O) groups is 2. The number of nitrogens with one attached hydrogen (secondary N) is 2. The number of hydrogen-bond acceptors (Lipinski definition) is 4. The van der Waals surface area contributed by atoms with Crippen LogP contribution in [0.1, 0.15) is 68.1 Å². The maximum atomic E-state index is 14.3. The van der Waals surface area contributed by atoms with Gasteiger partial charge in [-0.3, -0.25) is 20.6 Å². The lowest BCUT2D eigenvalue weighted by molar-refractivity contribution is -0.142. The average Bonchev–Trinajstić information content (AvgIpc) is 2.69. The van der Waals surface area contributed by atoms with E-state index < -0.39 is 35.4 Å². The van der Waals surface area contributed by atoms with E-state index in [1.54, 1.807) is 25.1 Å². The van der Waals surface area contributed by atoms with Crippen LogP contribution in [0.25, 0.3) is 0 Å². The van der Waals surface area contributed by atoms with E-state index >= 15 is 0 Å². The summed E-state index contributed by atoms with van der Waals surface area (Å²) in [5.41, 5.74) is 7.00. The Morgan fingerprint density at radius 3 is 2.58 bits per heavy atom. The molecule has 0 saturated carbocycles. The van der Waals surface area contributed by atoms with Crippen LogP contribution in [0.15, 0.2) is 42.5 Å². The Labute approximate surface area is 193 Å². The van der Waals surface area contributed by atoms with Crippen LogP contribution in [-0.2, 0) is 11.3 Å². The van der Waals surface area contributed by atoms with Gasteiger partial charge in [-0.15, -0.1) is 0 Å². The Hall–Kier alpha value is -2.84. The summed E-state index contributed by atoms with van der Waals surface area (Å²) in [5, 5.41) is 6.06.